The Morgan fingerprint density at radius 3 is 1.90 bits per heavy atom. The van der Waals surface area contributed by atoms with Gasteiger partial charge in [-0.2, -0.15) is 13.2 Å². The fourth-order valence-electron chi connectivity index (χ4n) is 2.96. The smallest absolute Gasteiger partial charge is 0.355 e. The second-order valence-electron chi connectivity index (χ2n) is 8.03. The molecule has 0 radical (unpaired) electrons. The first kappa shape index (κ1) is 21.4. The molecule has 1 amide bonds. The Hall–Kier alpha value is -3.28. The standard InChI is InChI=1S/C24H23F3N2O/c1-23(2,3)17-10-8-16(9-11-17)22(30)29-19-14-12-18(13-15-19)28-21-7-5-4-6-20(21)24(25,26)27/h4-15,28H,1-3H3,(H,29,30). The van der Waals surface area contributed by atoms with E-state index in [4.69, 9.17) is 0 Å². The van der Waals surface area contributed by atoms with E-state index in [0.717, 1.165) is 11.6 Å². The Bertz CT molecular complexity index is 1020. The summed E-state index contributed by atoms with van der Waals surface area (Å²) in [5.41, 5.74) is 1.94. The highest BCUT2D eigenvalue weighted by Gasteiger charge is 2.33. The monoisotopic (exact) mass is 412 g/mol. The summed E-state index contributed by atoms with van der Waals surface area (Å²) in [7, 11) is 0. The first-order valence-electron chi connectivity index (χ1n) is 9.49. The minimum atomic E-state index is -4.44. The SMILES string of the molecule is CC(C)(C)c1ccc(C(=O)Nc2ccc(Nc3ccccc3C(F)(F)F)cc2)cc1. The molecule has 3 aromatic rings. The van der Waals surface area contributed by atoms with Crippen LogP contribution in [0.4, 0.5) is 30.2 Å². The highest BCUT2D eigenvalue weighted by atomic mass is 19.4. The second kappa shape index (κ2) is 8.22. The normalized spacial score (nSPS) is 11.8. The molecule has 156 valence electrons. The molecule has 2 N–H and O–H groups in total. The number of hydrogen-bond acceptors (Lipinski definition) is 2. The molecule has 0 aliphatic carbocycles. The van der Waals surface area contributed by atoms with Crippen LogP contribution in [0.5, 0.6) is 0 Å². The van der Waals surface area contributed by atoms with Gasteiger partial charge in [-0.15, -0.1) is 0 Å². The molecule has 6 heteroatoms. The van der Waals surface area contributed by atoms with Crippen molar-refractivity contribution >= 4 is 23.0 Å². The average molecular weight is 412 g/mol. The highest BCUT2D eigenvalue weighted by Crippen LogP contribution is 2.36. The molecule has 3 aromatic carbocycles. The maximum absolute atomic E-state index is 13.1. The van der Waals surface area contributed by atoms with E-state index in [2.05, 4.69) is 31.4 Å². The molecule has 0 unspecified atom stereocenters. The van der Waals surface area contributed by atoms with Crippen LogP contribution < -0.4 is 10.6 Å². The van der Waals surface area contributed by atoms with Crippen molar-refractivity contribution in [2.75, 3.05) is 10.6 Å². The van der Waals surface area contributed by atoms with Gasteiger partial charge in [-0.1, -0.05) is 45.0 Å². The van der Waals surface area contributed by atoms with Gasteiger partial charge in [0.15, 0.2) is 0 Å². The Morgan fingerprint density at radius 2 is 1.33 bits per heavy atom. The van der Waals surface area contributed by atoms with Gasteiger partial charge in [0.2, 0.25) is 0 Å². The number of para-hydroxylation sites is 1. The quantitative estimate of drug-likeness (QED) is 0.484. The molecule has 3 nitrogen and oxygen atoms in total. The van der Waals surface area contributed by atoms with Gasteiger partial charge in [0, 0.05) is 16.9 Å². The number of alkyl halides is 3. The fourth-order valence-corrected chi connectivity index (χ4v) is 2.96. The summed E-state index contributed by atoms with van der Waals surface area (Å²) in [5.74, 6) is -0.251. The number of nitrogens with one attached hydrogen (secondary N) is 2. The highest BCUT2D eigenvalue weighted by molar-refractivity contribution is 6.04. The summed E-state index contributed by atoms with van der Waals surface area (Å²) in [6, 6.07) is 19.2. The van der Waals surface area contributed by atoms with Gasteiger partial charge in [-0.3, -0.25) is 4.79 Å². The molecule has 0 fully saturated rings. The van der Waals surface area contributed by atoms with E-state index in [1.165, 1.54) is 18.2 Å². The first-order valence-corrected chi connectivity index (χ1v) is 9.49. The third-order valence-electron chi connectivity index (χ3n) is 4.67. The number of hydrogen-bond donors (Lipinski definition) is 2. The number of anilines is 3. The number of halogens is 3. The van der Waals surface area contributed by atoms with Gasteiger partial charge in [0.1, 0.15) is 0 Å². The number of amides is 1. The topological polar surface area (TPSA) is 41.1 Å². The van der Waals surface area contributed by atoms with Crippen LogP contribution in [0.3, 0.4) is 0 Å². The van der Waals surface area contributed by atoms with Gasteiger partial charge in [-0.05, 0) is 59.5 Å². The summed E-state index contributed by atoms with van der Waals surface area (Å²) in [6.45, 7) is 6.31. The summed E-state index contributed by atoms with van der Waals surface area (Å²) in [4.78, 5) is 12.5. The van der Waals surface area contributed by atoms with Gasteiger partial charge < -0.3 is 10.6 Å². The van der Waals surface area contributed by atoms with Crippen LogP contribution >= 0.6 is 0 Å². The molecule has 3 rings (SSSR count). The van der Waals surface area contributed by atoms with Gasteiger partial charge in [-0.25, -0.2) is 0 Å². The number of carbonyl (C=O) groups is 1. The molecule has 0 spiro atoms. The van der Waals surface area contributed by atoms with Crippen LogP contribution in [-0.2, 0) is 11.6 Å². The van der Waals surface area contributed by atoms with E-state index in [1.54, 1.807) is 36.4 Å². The minimum Gasteiger partial charge on any atom is -0.355 e. The first-order chi connectivity index (χ1) is 14.0. The summed E-state index contributed by atoms with van der Waals surface area (Å²) < 4.78 is 39.4. The Balaban J connectivity index is 1.69. The maximum atomic E-state index is 13.1. The lowest BCUT2D eigenvalue weighted by molar-refractivity contribution is -0.136. The molecule has 0 saturated heterocycles. The molecule has 0 atom stereocenters. The minimum absolute atomic E-state index is 0.00255. The van der Waals surface area contributed by atoms with E-state index < -0.39 is 11.7 Å². The predicted molar refractivity (Wildman–Crippen MR) is 114 cm³/mol. The Labute approximate surface area is 173 Å². The molecular weight excluding hydrogens is 389 g/mol. The molecule has 0 saturated carbocycles. The molecule has 0 aliphatic heterocycles. The van der Waals surface area contributed by atoms with Crippen molar-refractivity contribution in [2.45, 2.75) is 32.4 Å². The lowest BCUT2D eigenvalue weighted by Crippen LogP contribution is -2.14. The van der Waals surface area contributed by atoms with Crippen LogP contribution in [-0.4, -0.2) is 5.91 Å². The fraction of sp³-hybridized carbons (Fsp3) is 0.208. The van der Waals surface area contributed by atoms with E-state index in [-0.39, 0.29) is 17.0 Å². The van der Waals surface area contributed by atoms with Crippen LogP contribution in [0.2, 0.25) is 0 Å². The van der Waals surface area contributed by atoms with Crippen LogP contribution in [0, 0.1) is 0 Å². The van der Waals surface area contributed by atoms with Crippen LogP contribution in [0.25, 0.3) is 0 Å². The molecular formula is C24H23F3N2O. The summed E-state index contributed by atoms with van der Waals surface area (Å²) in [6.07, 6.45) is -4.44. The van der Waals surface area contributed by atoms with Crippen molar-refractivity contribution in [3.05, 3.63) is 89.5 Å². The largest absolute Gasteiger partial charge is 0.418 e. The molecule has 0 aliphatic rings. The molecule has 0 aromatic heterocycles. The van der Waals surface area contributed by atoms with Crippen molar-refractivity contribution in [1.82, 2.24) is 0 Å². The lowest BCUT2D eigenvalue weighted by atomic mass is 9.87. The predicted octanol–water partition coefficient (Wildman–Crippen LogP) is 7.00. The third-order valence-corrected chi connectivity index (χ3v) is 4.67. The zero-order chi connectivity index (χ0) is 21.9. The van der Waals surface area contributed by atoms with Gasteiger partial charge >= 0.3 is 6.18 Å². The van der Waals surface area contributed by atoms with Crippen molar-refractivity contribution in [3.8, 4) is 0 Å². The van der Waals surface area contributed by atoms with Crippen LogP contribution in [0.15, 0.2) is 72.8 Å². The molecule has 0 bridgehead atoms. The van der Waals surface area contributed by atoms with E-state index in [9.17, 15) is 18.0 Å². The number of benzene rings is 3. The van der Waals surface area contributed by atoms with Gasteiger partial charge in [0.25, 0.3) is 5.91 Å². The zero-order valence-electron chi connectivity index (χ0n) is 17.0. The average Bonchev–Trinajstić information content (AvgIpc) is 2.68. The lowest BCUT2D eigenvalue weighted by Gasteiger charge is -2.19. The second-order valence-corrected chi connectivity index (χ2v) is 8.03. The van der Waals surface area contributed by atoms with E-state index >= 15 is 0 Å². The van der Waals surface area contributed by atoms with Crippen LogP contribution in [0.1, 0.15) is 42.3 Å². The zero-order valence-corrected chi connectivity index (χ0v) is 17.0. The summed E-state index contributed by atoms with van der Waals surface area (Å²) in [5, 5.41) is 5.58. The van der Waals surface area contributed by atoms with E-state index in [1.807, 2.05) is 12.1 Å². The number of rotatable bonds is 4. The number of carbonyl (C=O) groups excluding carboxylic acids is 1. The maximum Gasteiger partial charge on any atom is 0.418 e. The molecule has 0 heterocycles. The van der Waals surface area contributed by atoms with Crippen molar-refractivity contribution in [1.29, 1.82) is 0 Å². The third kappa shape index (κ3) is 5.20. The van der Waals surface area contributed by atoms with E-state index in [0.29, 0.717) is 16.9 Å². The van der Waals surface area contributed by atoms with Gasteiger partial charge in [0.05, 0.1) is 11.3 Å². The Kier molecular flexibility index (Phi) is 5.87. The Morgan fingerprint density at radius 1 is 0.767 bits per heavy atom. The summed E-state index contributed by atoms with van der Waals surface area (Å²) >= 11 is 0. The van der Waals surface area contributed by atoms with Crippen molar-refractivity contribution in [2.24, 2.45) is 0 Å². The van der Waals surface area contributed by atoms with Crippen molar-refractivity contribution in [3.63, 3.8) is 0 Å². The molecule has 30 heavy (non-hydrogen) atoms. The van der Waals surface area contributed by atoms with Crippen molar-refractivity contribution < 1.29 is 18.0 Å².